The molecule has 2 aliphatic rings. The highest BCUT2D eigenvalue weighted by Gasteiger charge is 2.28. The molecule has 0 amide bonds. The summed E-state index contributed by atoms with van der Waals surface area (Å²) in [7, 11) is 2.18. The molecule has 0 radical (unpaired) electrons. The summed E-state index contributed by atoms with van der Waals surface area (Å²) in [6.45, 7) is 2.47. The number of nitrogens with zero attached hydrogens (tertiary/aromatic N) is 3. The summed E-state index contributed by atoms with van der Waals surface area (Å²) in [6.07, 6.45) is 6.94. The Labute approximate surface area is 102 Å². The van der Waals surface area contributed by atoms with Crippen LogP contribution in [0.15, 0.2) is 6.20 Å². The van der Waals surface area contributed by atoms with Gasteiger partial charge in [0.05, 0.1) is 18.3 Å². The van der Waals surface area contributed by atoms with E-state index >= 15 is 0 Å². The van der Waals surface area contributed by atoms with Crippen LogP contribution in [-0.2, 0) is 6.54 Å². The molecular weight excluding hydrogens is 214 g/mol. The third kappa shape index (κ3) is 1.89. The Hall–Kier alpha value is -0.870. The van der Waals surface area contributed by atoms with Crippen molar-refractivity contribution in [2.24, 2.45) is 0 Å². The molecule has 0 aromatic carbocycles. The number of rotatable bonds is 2. The molecule has 2 unspecified atom stereocenters. The zero-order valence-corrected chi connectivity index (χ0v) is 10.5. The van der Waals surface area contributed by atoms with Gasteiger partial charge in [-0.25, -0.2) is 4.98 Å². The van der Waals surface area contributed by atoms with Crippen LogP contribution in [0.25, 0.3) is 0 Å². The van der Waals surface area contributed by atoms with Gasteiger partial charge in [0.2, 0.25) is 0 Å². The highest BCUT2D eigenvalue weighted by Crippen LogP contribution is 2.33. The maximum Gasteiger partial charge on any atom is 0.114 e. The number of imidazole rings is 1. The molecule has 1 aromatic heterocycles. The Balaban J connectivity index is 1.90. The van der Waals surface area contributed by atoms with E-state index in [1.54, 1.807) is 0 Å². The molecule has 1 aromatic rings. The summed E-state index contributed by atoms with van der Waals surface area (Å²) in [6, 6.07) is 0.493. The maximum absolute atomic E-state index is 9.40. The molecule has 3 heterocycles. The van der Waals surface area contributed by atoms with Crippen molar-refractivity contribution in [2.75, 3.05) is 20.2 Å². The van der Waals surface area contributed by atoms with Crippen LogP contribution in [0, 0.1) is 0 Å². The Bertz CT molecular complexity index is 401. The van der Waals surface area contributed by atoms with Crippen molar-refractivity contribution >= 4 is 0 Å². The summed E-state index contributed by atoms with van der Waals surface area (Å²) in [5.74, 6) is 1.36. The van der Waals surface area contributed by atoms with E-state index in [0.29, 0.717) is 6.04 Å². The zero-order valence-electron chi connectivity index (χ0n) is 10.5. The molecule has 3 rings (SSSR count). The van der Waals surface area contributed by atoms with Gasteiger partial charge < -0.3 is 9.67 Å². The predicted octanol–water partition coefficient (Wildman–Crippen LogP) is 1.52. The lowest BCUT2D eigenvalue weighted by Gasteiger charge is -2.21. The first kappa shape index (κ1) is 11.2. The van der Waals surface area contributed by atoms with Crippen molar-refractivity contribution in [3.63, 3.8) is 0 Å². The summed E-state index contributed by atoms with van der Waals surface area (Å²) in [5.41, 5.74) is 1.21. The summed E-state index contributed by atoms with van der Waals surface area (Å²) in [4.78, 5) is 7.19. The average molecular weight is 235 g/mol. The van der Waals surface area contributed by atoms with Crippen LogP contribution in [0.2, 0.25) is 0 Å². The summed E-state index contributed by atoms with van der Waals surface area (Å²) < 4.78 is 2.26. The van der Waals surface area contributed by atoms with Crippen molar-refractivity contribution < 1.29 is 5.11 Å². The first-order valence-corrected chi connectivity index (χ1v) is 6.67. The number of aliphatic hydroxyl groups excluding tert-OH is 1. The van der Waals surface area contributed by atoms with Crippen LogP contribution in [0.1, 0.15) is 49.2 Å². The molecule has 0 bridgehead atoms. The number of hydrogen-bond donors (Lipinski definition) is 1. The average Bonchev–Trinajstić information content (AvgIpc) is 2.93. The number of likely N-dealkylation sites (tertiary alicyclic amines) is 1. The van der Waals surface area contributed by atoms with E-state index in [9.17, 15) is 5.11 Å². The number of aliphatic hydroxyl groups is 1. The van der Waals surface area contributed by atoms with Gasteiger partial charge in [-0.3, -0.25) is 4.90 Å². The van der Waals surface area contributed by atoms with Gasteiger partial charge in [-0.2, -0.15) is 0 Å². The van der Waals surface area contributed by atoms with Crippen LogP contribution in [-0.4, -0.2) is 39.8 Å². The van der Waals surface area contributed by atoms with Crippen molar-refractivity contribution in [2.45, 2.75) is 44.2 Å². The van der Waals surface area contributed by atoms with Gasteiger partial charge in [-0.1, -0.05) is 0 Å². The van der Waals surface area contributed by atoms with E-state index in [-0.39, 0.29) is 12.5 Å². The van der Waals surface area contributed by atoms with Crippen LogP contribution >= 0.6 is 0 Å². The summed E-state index contributed by atoms with van der Waals surface area (Å²) >= 11 is 0. The molecule has 1 saturated heterocycles. The van der Waals surface area contributed by atoms with Crippen molar-refractivity contribution in [1.29, 1.82) is 0 Å². The van der Waals surface area contributed by atoms with E-state index < -0.39 is 0 Å². The fraction of sp³-hybridized carbons (Fsp3) is 0.769. The first-order valence-electron chi connectivity index (χ1n) is 6.67. The molecule has 0 spiro atoms. The second-order valence-electron chi connectivity index (χ2n) is 5.38. The third-order valence-corrected chi connectivity index (χ3v) is 4.23. The Kier molecular flexibility index (Phi) is 2.92. The van der Waals surface area contributed by atoms with Gasteiger partial charge in [-0.05, 0) is 39.3 Å². The second-order valence-corrected chi connectivity index (χ2v) is 5.38. The van der Waals surface area contributed by atoms with Crippen LogP contribution < -0.4 is 0 Å². The summed E-state index contributed by atoms with van der Waals surface area (Å²) in [5, 5.41) is 9.40. The van der Waals surface area contributed by atoms with Crippen molar-refractivity contribution in [3.05, 3.63) is 17.7 Å². The highest BCUT2D eigenvalue weighted by molar-refractivity contribution is 5.15. The molecule has 1 N–H and O–H groups in total. The molecule has 0 aliphatic carbocycles. The molecular formula is C13H21N3O. The third-order valence-electron chi connectivity index (χ3n) is 4.23. The van der Waals surface area contributed by atoms with E-state index in [1.807, 2.05) is 0 Å². The standard InChI is InChI=1S/C13H21N3O/c1-15-6-3-5-12(15)11-8-16-7-2-4-10(9-17)13(16)14-11/h8,10,12,17H,2-7,9H2,1H3. The van der Waals surface area contributed by atoms with Crippen LogP contribution in [0.5, 0.6) is 0 Å². The zero-order chi connectivity index (χ0) is 11.8. The van der Waals surface area contributed by atoms with Crippen molar-refractivity contribution in [3.8, 4) is 0 Å². The molecule has 1 fully saturated rings. The van der Waals surface area contributed by atoms with Crippen LogP contribution in [0.4, 0.5) is 0 Å². The fourth-order valence-electron chi connectivity index (χ4n) is 3.21. The fourth-order valence-corrected chi connectivity index (χ4v) is 3.21. The van der Waals surface area contributed by atoms with Crippen LogP contribution in [0.3, 0.4) is 0 Å². The largest absolute Gasteiger partial charge is 0.396 e. The molecule has 94 valence electrons. The van der Waals surface area contributed by atoms with E-state index in [2.05, 4.69) is 22.7 Å². The van der Waals surface area contributed by atoms with Gasteiger partial charge in [-0.15, -0.1) is 0 Å². The molecule has 4 heteroatoms. The molecule has 2 aliphatic heterocycles. The molecule has 0 saturated carbocycles. The number of fused-ring (bicyclic) bond motifs is 1. The van der Waals surface area contributed by atoms with Gasteiger partial charge >= 0.3 is 0 Å². The lowest BCUT2D eigenvalue weighted by molar-refractivity contribution is 0.237. The Morgan fingerprint density at radius 2 is 2.18 bits per heavy atom. The predicted molar refractivity (Wildman–Crippen MR) is 65.9 cm³/mol. The minimum atomic E-state index is 0.233. The van der Waals surface area contributed by atoms with Gasteiger partial charge in [0.25, 0.3) is 0 Å². The lowest BCUT2D eigenvalue weighted by Crippen LogP contribution is -2.18. The van der Waals surface area contributed by atoms with Crippen molar-refractivity contribution in [1.82, 2.24) is 14.5 Å². The lowest BCUT2D eigenvalue weighted by atomic mass is 10.0. The smallest absolute Gasteiger partial charge is 0.114 e. The maximum atomic E-state index is 9.40. The normalized spacial score (nSPS) is 29.5. The monoisotopic (exact) mass is 235 g/mol. The molecule has 2 atom stereocenters. The highest BCUT2D eigenvalue weighted by atomic mass is 16.3. The Morgan fingerprint density at radius 3 is 2.88 bits per heavy atom. The number of aryl methyl sites for hydroxylation is 1. The van der Waals surface area contributed by atoms with E-state index in [1.165, 1.54) is 25.1 Å². The topological polar surface area (TPSA) is 41.3 Å². The Morgan fingerprint density at radius 1 is 1.35 bits per heavy atom. The number of aromatic nitrogens is 2. The SMILES string of the molecule is CN1CCCC1c1cn2c(n1)C(CO)CCC2. The first-order chi connectivity index (χ1) is 8.29. The van der Waals surface area contributed by atoms with E-state index in [0.717, 1.165) is 25.2 Å². The van der Waals surface area contributed by atoms with Gasteiger partial charge in [0.15, 0.2) is 0 Å². The minimum Gasteiger partial charge on any atom is -0.396 e. The second kappa shape index (κ2) is 4.42. The molecule has 4 nitrogen and oxygen atoms in total. The van der Waals surface area contributed by atoms with E-state index in [4.69, 9.17) is 4.98 Å². The number of hydrogen-bond acceptors (Lipinski definition) is 3. The quantitative estimate of drug-likeness (QED) is 0.845. The van der Waals surface area contributed by atoms with Gasteiger partial charge in [0.1, 0.15) is 5.82 Å². The minimum absolute atomic E-state index is 0.233. The van der Waals surface area contributed by atoms with Gasteiger partial charge in [0, 0.05) is 18.7 Å². The molecule has 17 heavy (non-hydrogen) atoms.